The molecule has 3 fully saturated rings. The highest BCUT2D eigenvalue weighted by molar-refractivity contribution is 7.91. The highest BCUT2D eigenvalue weighted by Crippen LogP contribution is 2.46. The first-order valence-corrected chi connectivity index (χ1v) is 22.2. The van der Waals surface area contributed by atoms with E-state index in [0.29, 0.717) is 53.6 Å². The molecule has 2 aliphatic carbocycles. The van der Waals surface area contributed by atoms with Gasteiger partial charge < -0.3 is 29.4 Å². The van der Waals surface area contributed by atoms with Crippen LogP contribution in [0.4, 0.5) is 9.18 Å². The number of amides is 4. The van der Waals surface area contributed by atoms with Crippen LogP contribution in [0.2, 0.25) is 0 Å². The predicted octanol–water partition coefficient (Wildman–Crippen LogP) is 6.34. The summed E-state index contributed by atoms with van der Waals surface area (Å²) in [6.07, 6.45) is 6.29. The van der Waals surface area contributed by atoms with Crippen LogP contribution in [0, 0.1) is 18.7 Å². The van der Waals surface area contributed by atoms with Crippen LogP contribution in [-0.2, 0) is 29.1 Å². The molecule has 0 bridgehead atoms. The number of ether oxygens (including phenoxy) is 2. The van der Waals surface area contributed by atoms with E-state index in [4.69, 9.17) is 18.9 Å². The number of rotatable bonds is 7. The van der Waals surface area contributed by atoms with Gasteiger partial charge >= 0.3 is 6.09 Å². The second kappa shape index (κ2) is 15.8. The number of carbonyl (C=O) groups is 4. The molecule has 2 saturated carbocycles. The van der Waals surface area contributed by atoms with Gasteiger partial charge in [-0.1, -0.05) is 36.6 Å². The molecule has 1 saturated heterocycles. The summed E-state index contributed by atoms with van der Waals surface area (Å²) in [7, 11) is -3.93. The molecule has 5 atom stereocenters. The number of aromatic nitrogens is 1. The first kappa shape index (κ1) is 41.2. The Labute approximate surface area is 347 Å². The third kappa shape index (κ3) is 8.70. The molecule has 4 aromatic rings. The van der Waals surface area contributed by atoms with Crippen LogP contribution < -0.4 is 20.1 Å². The number of hydrogen-bond acceptors (Lipinski definition) is 10. The van der Waals surface area contributed by atoms with Crippen molar-refractivity contribution in [2.75, 3.05) is 6.54 Å². The quantitative estimate of drug-likeness (QED) is 0.177. The number of halogens is 1. The molecule has 4 aliphatic rings. The van der Waals surface area contributed by atoms with Crippen molar-refractivity contribution in [3.63, 3.8) is 0 Å². The second-order valence-corrected chi connectivity index (χ2v) is 19.4. The Morgan fingerprint density at radius 3 is 2.53 bits per heavy atom. The standard InChI is InChI=1S/C44H50FN5O9S/c1-25-12-19-35-31(20-25)37-38(58-35)36(22-33(46-37)26-13-15-28(45)16-14-26)57-29-21-34-39(51)48-44(41(53)49-60(55,56)30-17-18-30)23-27(44)10-8-6-5-7-9-11-32(40(52)50(34)24-29)47-42(54)59-43(2,3)4/h8,10,12-16,19-20,22,27,29-30,32,34H,5-7,9,11,17-18,21,23-24H2,1-4H3,(H,47,54)(H,48,51)(H,49,53)/b10-8-/t27-,29+,32-,34-,44+/m0/s1. The number of sulfonamides is 1. The van der Waals surface area contributed by atoms with E-state index in [2.05, 4.69) is 15.4 Å². The van der Waals surface area contributed by atoms with E-state index < -0.39 is 80.2 Å². The average Bonchev–Trinajstić information content (AvgIpc) is 4.08. The number of aryl methyl sites for hydroxylation is 1. The number of carbonyl (C=O) groups excluding carboxylic acids is 4. The van der Waals surface area contributed by atoms with Crippen molar-refractivity contribution in [1.29, 1.82) is 0 Å². The molecule has 14 nitrogen and oxygen atoms in total. The Kier molecular flexibility index (Phi) is 10.9. The van der Waals surface area contributed by atoms with Gasteiger partial charge in [0.15, 0.2) is 11.3 Å². The van der Waals surface area contributed by atoms with E-state index in [9.17, 15) is 32.0 Å². The molecular formula is C44H50FN5O9S. The largest absolute Gasteiger partial charge is 0.484 e. The zero-order valence-electron chi connectivity index (χ0n) is 34.1. The number of benzene rings is 2. The highest BCUT2D eigenvalue weighted by atomic mass is 32.2. The van der Waals surface area contributed by atoms with Crippen LogP contribution in [0.5, 0.6) is 5.75 Å². The van der Waals surface area contributed by atoms with Crippen molar-refractivity contribution in [2.24, 2.45) is 5.92 Å². The fourth-order valence-electron chi connectivity index (χ4n) is 8.15. The van der Waals surface area contributed by atoms with Crippen LogP contribution in [0.15, 0.2) is 65.1 Å². The van der Waals surface area contributed by atoms with Gasteiger partial charge in [-0.05, 0) is 103 Å². The number of allylic oxidation sites excluding steroid dienone is 1. The number of nitrogens with one attached hydrogen (secondary N) is 3. The summed E-state index contributed by atoms with van der Waals surface area (Å²) in [5.41, 5.74) is 1.10. The van der Waals surface area contributed by atoms with E-state index in [1.807, 2.05) is 37.3 Å². The Bertz CT molecular complexity index is 2490. The van der Waals surface area contributed by atoms with E-state index >= 15 is 0 Å². The van der Waals surface area contributed by atoms with Crippen molar-refractivity contribution < 1.29 is 45.9 Å². The SMILES string of the molecule is Cc1ccc2oc3c(O[C@@H]4C[C@H]5C(=O)N[C@]6(C(=O)NS(=O)(=O)C7CC7)C[C@@H]6/C=C\CCCCC[C@H](NC(=O)OC(C)(C)C)C(=O)N5C4)cc(-c4ccc(F)cc4)nc3c2c1. The molecule has 2 aliphatic heterocycles. The Morgan fingerprint density at radius 2 is 1.80 bits per heavy atom. The summed E-state index contributed by atoms with van der Waals surface area (Å²) < 4.78 is 60.6. The molecule has 4 heterocycles. The van der Waals surface area contributed by atoms with Gasteiger partial charge in [0, 0.05) is 29.4 Å². The topological polar surface area (TPSA) is 186 Å². The summed E-state index contributed by atoms with van der Waals surface area (Å²) in [5, 5.41) is 5.72. The molecule has 0 unspecified atom stereocenters. The maximum absolute atomic E-state index is 14.7. The molecule has 8 rings (SSSR count). The molecule has 2 aromatic heterocycles. The van der Waals surface area contributed by atoms with Gasteiger partial charge in [-0.25, -0.2) is 22.6 Å². The van der Waals surface area contributed by atoms with E-state index in [1.54, 1.807) is 39.0 Å². The minimum atomic E-state index is -3.93. The van der Waals surface area contributed by atoms with Crippen LogP contribution in [0.1, 0.15) is 84.1 Å². The fraction of sp³-hybridized carbons (Fsp3) is 0.477. The van der Waals surface area contributed by atoms with Crippen molar-refractivity contribution in [2.45, 2.75) is 120 Å². The minimum Gasteiger partial charge on any atom is -0.484 e. The minimum absolute atomic E-state index is 0.0235. The van der Waals surface area contributed by atoms with Crippen molar-refractivity contribution in [3.05, 3.63) is 72.1 Å². The van der Waals surface area contributed by atoms with Crippen molar-refractivity contribution in [1.82, 2.24) is 25.2 Å². The Morgan fingerprint density at radius 1 is 1.03 bits per heavy atom. The van der Waals surface area contributed by atoms with Crippen molar-refractivity contribution >= 4 is 55.9 Å². The molecular weight excluding hydrogens is 794 g/mol. The van der Waals surface area contributed by atoms with Crippen LogP contribution in [0.3, 0.4) is 0 Å². The van der Waals surface area contributed by atoms with Gasteiger partial charge in [0.25, 0.3) is 5.91 Å². The number of fused-ring (bicyclic) bond motifs is 5. The first-order chi connectivity index (χ1) is 28.5. The number of furan rings is 1. The zero-order chi connectivity index (χ0) is 42.6. The molecule has 4 amide bonds. The van der Waals surface area contributed by atoms with Gasteiger partial charge in [-0.15, -0.1) is 0 Å². The molecule has 16 heteroatoms. The predicted molar refractivity (Wildman–Crippen MR) is 221 cm³/mol. The van der Waals surface area contributed by atoms with Gasteiger partial charge in [0.05, 0.1) is 17.5 Å². The third-order valence-corrected chi connectivity index (χ3v) is 13.3. The van der Waals surface area contributed by atoms with Crippen LogP contribution in [-0.4, -0.2) is 83.2 Å². The number of hydrogen-bond donors (Lipinski definition) is 3. The lowest BCUT2D eigenvalue weighted by Crippen LogP contribution is -2.58. The molecule has 318 valence electrons. The third-order valence-electron chi connectivity index (χ3n) is 11.5. The van der Waals surface area contributed by atoms with Gasteiger partial charge in [0.2, 0.25) is 21.8 Å². The fourth-order valence-corrected chi connectivity index (χ4v) is 9.52. The van der Waals surface area contributed by atoms with E-state index in [0.717, 1.165) is 23.8 Å². The number of nitrogens with zero attached hydrogens (tertiary/aromatic N) is 2. The Balaban J connectivity index is 1.15. The second-order valence-electron chi connectivity index (χ2n) is 17.5. The smallest absolute Gasteiger partial charge is 0.408 e. The highest BCUT2D eigenvalue weighted by Gasteiger charge is 2.62. The summed E-state index contributed by atoms with van der Waals surface area (Å²) in [6.45, 7) is 7.02. The lowest BCUT2D eigenvalue weighted by Gasteiger charge is -2.30. The van der Waals surface area contributed by atoms with Crippen LogP contribution in [0.25, 0.3) is 33.3 Å². The first-order valence-electron chi connectivity index (χ1n) is 20.6. The molecule has 0 radical (unpaired) electrons. The maximum Gasteiger partial charge on any atom is 0.408 e. The summed E-state index contributed by atoms with van der Waals surface area (Å²) in [4.78, 5) is 62.5. The zero-order valence-corrected chi connectivity index (χ0v) is 34.9. The lowest BCUT2D eigenvalue weighted by molar-refractivity contribution is -0.141. The molecule has 60 heavy (non-hydrogen) atoms. The van der Waals surface area contributed by atoms with Crippen molar-refractivity contribution in [3.8, 4) is 17.0 Å². The normalized spacial score (nSPS) is 25.6. The van der Waals surface area contributed by atoms with Crippen LogP contribution >= 0.6 is 0 Å². The molecule has 2 aromatic carbocycles. The van der Waals surface area contributed by atoms with E-state index in [1.165, 1.54) is 17.0 Å². The Hall–Kier alpha value is -5.51. The number of pyridine rings is 1. The van der Waals surface area contributed by atoms with Gasteiger partial charge in [-0.2, -0.15) is 0 Å². The molecule has 3 N–H and O–H groups in total. The molecule has 0 spiro atoms. The average molecular weight is 844 g/mol. The number of alkyl carbamates (subject to hydrolysis) is 1. The monoisotopic (exact) mass is 843 g/mol. The summed E-state index contributed by atoms with van der Waals surface area (Å²) in [6, 6.07) is 11.0. The summed E-state index contributed by atoms with van der Waals surface area (Å²) >= 11 is 0. The lowest BCUT2D eigenvalue weighted by atomic mass is 10.0. The van der Waals surface area contributed by atoms with Gasteiger partial charge in [-0.3, -0.25) is 19.1 Å². The maximum atomic E-state index is 14.7. The van der Waals surface area contributed by atoms with Gasteiger partial charge in [0.1, 0.15) is 46.2 Å². The summed E-state index contributed by atoms with van der Waals surface area (Å²) in [5.74, 6) is -2.61. The van der Waals surface area contributed by atoms with E-state index in [-0.39, 0.29) is 31.6 Å².